The first kappa shape index (κ1) is 10.8. The average Bonchev–Trinajstić information content (AvgIpc) is 2.68. The average molecular weight is 277 g/mol. The Morgan fingerprint density at radius 3 is 3.06 bits per heavy atom. The number of terminal acetylenes is 1. The Morgan fingerprint density at radius 2 is 2.31 bits per heavy atom. The van der Waals surface area contributed by atoms with Crippen LogP contribution in [0.15, 0.2) is 28.7 Å². The lowest BCUT2D eigenvalue weighted by molar-refractivity contribution is 0.0954. The number of hydrogen-bond acceptors (Lipinski definition) is 1. The molecule has 16 heavy (non-hydrogen) atoms. The summed E-state index contributed by atoms with van der Waals surface area (Å²) in [5.74, 6) is 2.17. The van der Waals surface area contributed by atoms with Gasteiger partial charge >= 0.3 is 0 Å². The molecular formula is C12H9BrN2O. The number of halogens is 1. The van der Waals surface area contributed by atoms with E-state index in [0.29, 0.717) is 5.69 Å². The van der Waals surface area contributed by atoms with E-state index >= 15 is 0 Å². The van der Waals surface area contributed by atoms with E-state index in [4.69, 9.17) is 6.42 Å². The van der Waals surface area contributed by atoms with E-state index in [2.05, 4.69) is 32.2 Å². The van der Waals surface area contributed by atoms with Crippen molar-refractivity contribution in [1.82, 2.24) is 10.3 Å². The predicted octanol–water partition coefficient (Wildman–Crippen LogP) is 2.29. The number of aromatic amines is 1. The minimum Gasteiger partial charge on any atom is -0.351 e. The van der Waals surface area contributed by atoms with Crippen molar-refractivity contribution < 1.29 is 4.79 Å². The molecule has 0 spiro atoms. The molecule has 1 heterocycles. The molecule has 1 aromatic carbocycles. The number of fused-ring (bicyclic) bond motifs is 1. The number of carbonyl (C=O) groups excluding carboxylic acids is 1. The lowest BCUT2D eigenvalue weighted by Gasteiger charge is -1.96. The van der Waals surface area contributed by atoms with Crippen LogP contribution in [-0.4, -0.2) is 17.4 Å². The first-order valence-corrected chi connectivity index (χ1v) is 5.50. The molecule has 2 rings (SSSR count). The van der Waals surface area contributed by atoms with Gasteiger partial charge in [-0.15, -0.1) is 6.42 Å². The minimum atomic E-state index is -0.190. The van der Waals surface area contributed by atoms with Gasteiger partial charge in [0.05, 0.1) is 6.54 Å². The number of hydrogen-bond donors (Lipinski definition) is 2. The van der Waals surface area contributed by atoms with Gasteiger partial charge in [0.2, 0.25) is 0 Å². The van der Waals surface area contributed by atoms with Gasteiger partial charge in [0.25, 0.3) is 5.91 Å². The smallest absolute Gasteiger partial charge is 0.268 e. The molecule has 0 atom stereocenters. The molecule has 0 radical (unpaired) electrons. The van der Waals surface area contributed by atoms with Crippen molar-refractivity contribution in [3.8, 4) is 12.3 Å². The zero-order valence-electron chi connectivity index (χ0n) is 8.38. The van der Waals surface area contributed by atoms with Gasteiger partial charge in [0.1, 0.15) is 5.69 Å². The van der Waals surface area contributed by atoms with E-state index in [1.54, 1.807) is 6.07 Å². The second-order valence-corrected chi connectivity index (χ2v) is 4.22. The number of rotatable bonds is 2. The van der Waals surface area contributed by atoms with Crippen LogP contribution < -0.4 is 5.32 Å². The summed E-state index contributed by atoms with van der Waals surface area (Å²) in [6, 6.07) is 7.58. The van der Waals surface area contributed by atoms with Crippen LogP contribution in [0.3, 0.4) is 0 Å². The zero-order chi connectivity index (χ0) is 11.5. The fourth-order valence-electron chi connectivity index (χ4n) is 1.45. The molecule has 0 aliphatic heterocycles. The normalized spacial score (nSPS) is 10.0. The summed E-state index contributed by atoms with van der Waals surface area (Å²) in [5, 5.41) is 3.59. The van der Waals surface area contributed by atoms with Crippen LogP contribution in [0.25, 0.3) is 10.9 Å². The summed E-state index contributed by atoms with van der Waals surface area (Å²) >= 11 is 3.38. The molecule has 0 aliphatic carbocycles. The van der Waals surface area contributed by atoms with Gasteiger partial charge in [0, 0.05) is 15.4 Å². The van der Waals surface area contributed by atoms with E-state index in [1.807, 2.05) is 18.2 Å². The van der Waals surface area contributed by atoms with Crippen molar-refractivity contribution in [1.29, 1.82) is 0 Å². The van der Waals surface area contributed by atoms with E-state index < -0.39 is 0 Å². The van der Waals surface area contributed by atoms with E-state index in [-0.39, 0.29) is 12.5 Å². The second-order valence-electron chi connectivity index (χ2n) is 3.30. The number of nitrogens with one attached hydrogen (secondary N) is 2. The SMILES string of the molecule is C#CCNC(=O)c1cc2cc(Br)ccc2[nH]1. The largest absolute Gasteiger partial charge is 0.351 e. The molecular weight excluding hydrogens is 268 g/mol. The van der Waals surface area contributed by atoms with Crippen LogP contribution >= 0.6 is 15.9 Å². The van der Waals surface area contributed by atoms with Gasteiger partial charge in [-0.3, -0.25) is 4.79 Å². The molecule has 1 amide bonds. The Labute approximate surface area is 101 Å². The van der Waals surface area contributed by atoms with Crippen LogP contribution in [0.4, 0.5) is 0 Å². The third kappa shape index (κ3) is 2.10. The van der Waals surface area contributed by atoms with Crippen molar-refractivity contribution in [2.24, 2.45) is 0 Å². The van der Waals surface area contributed by atoms with Crippen LogP contribution in [0.1, 0.15) is 10.5 Å². The van der Waals surface area contributed by atoms with Crippen molar-refractivity contribution in [3.63, 3.8) is 0 Å². The number of benzene rings is 1. The first-order valence-electron chi connectivity index (χ1n) is 4.70. The number of carbonyl (C=O) groups is 1. The Balaban J connectivity index is 2.33. The molecule has 0 saturated carbocycles. The third-order valence-electron chi connectivity index (χ3n) is 2.18. The highest BCUT2D eigenvalue weighted by Crippen LogP contribution is 2.20. The molecule has 0 fully saturated rings. The van der Waals surface area contributed by atoms with Crippen molar-refractivity contribution >= 4 is 32.7 Å². The highest BCUT2D eigenvalue weighted by Gasteiger charge is 2.08. The molecule has 2 aromatic rings. The monoisotopic (exact) mass is 276 g/mol. The van der Waals surface area contributed by atoms with E-state index in [0.717, 1.165) is 15.4 Å². The number of aromatic nitrogens is 1. The number of amides is 1. The number of H-pyrrole nitrogens is 1. The summed E-state index contributed by atoms with van der Waals surface area (Å²) < 4.78 is 0.981. The quantitative estimate of drug-likeness (QED) is 0.813. The van der Waals surface area contributed by atoms with E-state index in [1.165, 1.54) is 0 Å². The summed E-state index contributed by atoms with van der Waals surface area (Å²) in [4.78, 5) is 14.6. The standard InChI is InChI=1S/C12H9BrN2O/c1-2-5-14-12(16)11-7-8-6-9(13)3-4-10(8)15-11/h1,3-4,6-7,15H,5H2,(H,14,16). The van der Waals surface area contributed by atoms with Gasteiger partial charge < -0.3 is 10.3 Å². The zero-order valence-corrected chi connectivity index (χ0v) is 9.97. The van der Waals surface area contributed by atoms with Gasteiger partial charge in [-0.2, -0.15) is 0 Å². The maximum absolute atomic E-state index is 11.6. The Bertz CT molecular complexity index is 580. The van der Waals surface area contributed by atoms with Crippen molar-refractivity contribution in [2.75, 3.05) is 6.54 Å². The predicted molar refractivity (Wildman–Crippen MR) is 67.2 cm³/mol. The van der Waals surface area contributed by atoms with Crippen LogP contribution in [0.5, 0.6) is 0 Å². The lowest BCUT2D eigenvalue weighted by Crippen LogP contribution is -2.23. The summed E-state index contributed by atoms with van der Waals surface area (Å²) in [7, 11) is 0. The maximum atomic E-state index is 11.6. The Morgan fingerprint density at radius 1 is 1.50 bits per heavy atom. The molecule has 0 saturated heterocycles. The molecule has 0 aliphatic rings. The maximum Gasteiger partial charge on any atom is 0.268 e. The van der Waals surface area contributed by atoms with Crippen molar-refractivity contribution in [3.05, 3.63) is 34.4 Å². The first-order chi connectivity index (χ1) is 7.70. The fraction of sp³-hybridized carbons (Fsp3) is 0.0833. The molecule has 80 valence electrons. The molecule has 2 N–H and O–H groups in total. The fourth-order valence-corrected chi connectivity index (χ4v) is 1.83. The highest BCUT2D eigenvalue weighted by atomic mass is 79.9. The van der Waals surface area contributed by atoms with Gasteiger partial charge in [0.15, 0.2) is 0 Å². The lowest BCUT2D eigenvalue weighted by atomic mass is 10.2. The van der Waals surface area contributed by atoms with Gasteiger partial charge in [-0.25, -0.2) is 0 Å². The van der Waals surface area contributed by atoms with Crippen LogP contribution in [0, 0.1) is 12.3 Å². The topological polar surface area (TPSA) is 44.9 Å². The summed E-state index contributed by atoms with van der Waals surface area (Å²) in [5.41, 5.74) is 1.44. The highest BCUT2D eigenvalue weighted by molar-refractivity contribution is 9.10. The van der Waals surface area contributed by atoms with Crippen LogP contribution in [-0.2, 0) is 0 Å². The molecule has 4 heteroatoms. The Kier molecular flexibility index (Phi) is 2.97. The van der Waals surface area contributed by atoms with Crippen LogP contribution in [0.2, 0.25) is 0 Å². The molecule has 0 unspecified atom stereocenters. The summed E-state index contributed by atoms with van der Waals surface area (Å²) in [6.07, 6.45) is 5.07. The summed E-state index contributed by atoms with van der Waals surface area (Å²) in [6.45, 7) is 0.234. The minimum absolute atomic E-state index is 0.190. The molecule has 1 aromatic heterocycles. The molecule has 3 nitrogen and oxygen atoms in total. The van der Waals surface area contributed by atoms with Gasteiger partial charge in [-0.1, -0.05) is 21.9 Å². The second kappa shape index (κ2) is 4.42. The Hall–Kier alpha value is -1.73. The third-order valence-corrected chi connectivity index (χ3v) is 2.67. The van der Waals surface area contributed by atoms with Gasteiger partial charge in [-0.05, 0) is 24.3 Å². The molecule has 0 bridgehead atoms. The van der Waals surface area contributed by atoms with Crippen molar-refractivity contribution in [2.45, 2.75) is 0 Å². The van der Waals surface area contributed by atoms with E-state index in [9.17, 15) is 4.79 Å².